The minimum atomic E-state index is -1.18. The van der Waals surface area contributed by atoms with Crippen molar-refractivity contribution < 1.29 is 14.6 Å². The van der Waals surface area contributed by atoms with Crippen molar-refractivity contribution in [3.8, 4) is 28.6 Å². The average Bonchev–Trinajstić information content (AvgIpc) is 2.86. The second-order valence-corrected chi connectivity index (χ2v) is 9.66. The first-order valence-corrected chi connectivity index (χ1v) is 12.0. The Hall–Kier alpha value is -4.04. The van der Waals surface area contributed by atoms with Crippen molar-refractivity contribution in [2.45, 2.75) is 53.8 Å². The molecule has 0 atom stereocenters. The molecule has 0 aliphatic carbocycles. The Morgan fingerprint density at radius 2 is 1.76 bits per heavy atom. The number of ether oxygens (including phenoxy) is 2. The fourth-order valence-corrected chi connectivity index (χ4v) is 4.05. The summed E-state index contributed by atoms with van der Waals surface area (Å²) in [4.78, 5) is 27.1. The molecule has 2 aromatic heterocycles. The zero-order chi connectivity index (χ0) is 26.9. The van der Waals surface area contributed by atoms with Gasteiger partial charge in [-0.25, -0.2) is 9.97 Å². The van der Waals surface area contributed by atoms with E-state index >= 15 is 0 Å². The van der Waals surface area contributed by atoms with Gasteiger partial charge < -0.3 is 14.6 Å². The number of methoxy groups -OCH3 is 1. The van der Waals surface area contributed by atoms with Gasteiger partial charge in [-0.2, -0.15) is 4.98 Å². The van der Waals surface area contributed by atoms with Crippen LogP contribution in [0.3, 0.4) is 0 Å². The Balaban J connectivity index is 1.73. The summed E-state index contributed by atoms with van der Waals surface area (Å²) in [5.41, 5.74) is 3.94. The fraction of sp³-hybridized carbons (Fsp3) is 0.310. The van der Waals surface area contributed by atoms with E-state index in [9.17, 15) is 9.90 Å². The summed E-state index contributed by atoms with van der Waals surface area (Å²) in [6.07, 6.45) is 1.70. The average molecular weight is 501 g/mol. The van der Waals surface area contributed by atoms with Gasteiger partial charge in [-0.05, 0) is 76.4 Å². The normalized spacial score (nSPS) is 11.5. The summed E-state index contributed by atoms with van der Waals surface area (Å²) in [5, 5.41) is 10.4. The van der Waals surface area contributed by atoms with E-state index in [1.165, 1.54) is 0 Å². The summed E-state index contributed by atoms with van der Waals surface area (Å²) in [6, 6.07) is 13.4. The molecule has 8 heteroatoms. The highest BCUT2D eigenvalue weighted by Crippen LogP contribution is 2.28. The van der Waals surface area contributed by atoms with E-state index in [0.717, 1.165) is 28.0 Å². The number of aromatic nitrogens is 4. The number of rotatable bonds is 7. The third-order valence-corrected chi connectivity index (χ3v) is 6.18. The van der Waals surface area contributed by atoms with Crippen LogP contribution in [0.25, 0.3) is 16.9 Å². The third kappa shape index (κ3) is 5.39. The number of aliphatic hydroxyl groups is 1. The molecule has 0 amide bonds. The Bertz CT molecular complexity index is 1520. The van der Waals surface area contributed by atoms with Gasteiger partial charge in [0.1, 0.15) is 23.8 Å². The molecule has 0 saturated carbocycles. The molecule has 2 heterocycles. The van der Waals surface area contributed by atoms with Crippen LogP contribution in [0.2, 0.25) is 0 Å². The Morgan fingerprint density at radius 3 is 2.46 bits per heavy atom. The molecule has 0 fully saturated rings. The first-order valence-electron chi connectivity index (χ1n) is 12.0. The zero-order valence-corrected chi connectivity index (χ0v) is 22.3. The van der Waals surface area contributed by atoms with Crippen molar-refractivity contribution in [3.05, 3.63) is 92.9 Å². The van der Waals surface area contributed by atoms with Gasteiger partial charge in [-0.1, -0.05) is 24.3 Å². The number of hydrogen-bond acceptors (Lipinski definition) is 7. The molecule has 0 aliphatic heterocycles. The second-order valence-electron chi connectivity index (χ2n) is 9.66. The van der Waals surface area contributed by atoms with E-state index in [0.29, 0.717) is 34.5 Å². The molecule has 192 valence electrons. The van der Waals surface area contributed by atoms with Gasteiger partial charge in [0.25, 0.3) is 5.56 Å². The maximum atomic E-state index is 13.5. The Kier molecular flexibility index (Phi) is 7.14. The fourth-order valence-electron chi connectivity index (χ4n) is 4.05. The molecule has 4 rings (SSSR count). The number of aryl methyl sites for hydroxylation is 3. The SMILES string of the molecule is COc1cccc(COc2nc(C)n(-c3cc(-c4nc(C(C)(C)O)ncc4C)ccc3C)c(=O)c2C)c1. The lowest BCUT2D eigenvalue weighted by Gasteiger charge is -2.19. The predicted molar refractivity (Wildman–Crippen MR) is 142 cm³/mol. The number of benzene rings is 2. The molecule has 8 nitrogen and oxygen atoms in total. The number of nitrogens with zero attached hydrogens (tertiary/aromatic N) is 4. The second kappa shape index (κ2) is 10.1. The molecule has 0 aliphatic rings. The quantitative estimate of drug-likeness (QED) is 0.391. The highest BCUT2D eigenvalue weighted by atomic mass is 16.5. The van der Waals surface area contributed by atoms with Crippen LogP contribution >= 0.6 is 0 Å². The lowest BCUT2D eigenvalue weighted by Crippen LogP contribution is -2.26. The van der Waals surface area contributed by atoms with E-state index in [1.54, 1.807) is 45.6 Å². The van der Waals surface area contributed by atoms with E-state index < -0.39 is 5.60 Å². The predicted octanol–water partition coefficient (Wildman–Crippen LogP) is 4.74. The van der Waals surface area contributed by atoms with Crippen LogP contribution in [0.5, 0.6) is 11.6 Å². The lowest BCUT2D eigenvalue weighted by atomic mass is 10.0. The van der Waals surface area contributed by atoms with E-state index in [4.69, 9.17) is 9.47 Å². The van der Waals surface area contributed by atoms with Gasteiger partial charge in [-0.15, -0.1) is 0 Å². The van der Waals surface area contributed by atoms with Crippen molar-refractivity contribution in [2.24, 2.45) is 0 Å². The Morgan fingerprint density at radius 1 is 1.00 bits per heavy atom. The first kappa shape index (κ1) is 26.0. The summed E-state index contributed by atoms with van der Waals surface area (Å²) < 4.78 is 12.8. The van der Waals surface area contributed by atoms with Crippen molar-refractivity contribution in [2.75, 3.05) is 7.11 Å². The molecule has 0 radical (unpaired) electrons. The Labute approximate surface area is 216 Å². The smallest absolute Gasteiger partial charge is 0.264 e. The highest BCUT2D eigenvalue weighted by molar-refractivity contribution is 5.67. The molecule has 4 aromatic rings. The summed E-state index contributed by atoms with van der Waals surface area (Å²) in [7, 11) is 1.62. The molecule has 0 unspecified atom stereocenters. The largest absolute Gasteiger partial charge is 0.497 e. The van der Waals surface area contributed by atoms with Crippen LogP contribution in [-0.2, 0) is 12.2 Å². The summed E-state index contributed by atoms with van der Waals surface area (Å²) in [6.45, 7) is 10.9. The molecule has 0 bridgehead atoms. The van der Waals surface area contributed by atoms with Gasteiger partial charge >= 0.3 is 0 Å². The third-order valence-electron chi connectivity index (χ3n) is 6.18. The molecular formula is C29H32N4O4. The van der Waals surface area contributed by atoms with Crippen molar-refractivity contribution >= 4 is 0 Å². The van der Waals surface area contributed by atoms with Crippen LogP contribution in [0, 0.1) is 27.7 Å². The van der Waals surface area contributed by atoms with Crippen LogP contribution in [0.1, 0.15) is 47.8 Å². The molecule has 2 aromatic carbocycles. The molecule has 1 N–H and O–H groups in total. The molecule has 0 spiro atoms. The standard InChI is InChI=1S/C29H32N4O4/c1-17-11-12-22(25-18(2)15-30-28(32-25)29(5,6)35)14-24(17)33-20(4)31-26(19(3)27(33)34)37-16-21-9-8-10-23(13-21)36-7/h8-15,35H,16H2,1-7H3. The maximum Gasteiger partial charge on any atom is 0.264 e. The first-order chi connectivity index (χ1) is 17.5. The van der Waals surface area contributed by atoms with E-state index in [-0.39, 0.29) is 12.2 Å². The van der Waals surface area contributed by atoms with Crippen LogP contribution in [0.4, 0.5) is 0 Å². The van der Waals surface area contributed by atoms with Crippen molar-refractivity contribution in [1.82, 2.24) is 19.5 Å². The topological polar surface area (TPSA) is 99.4 Å². The van der Waals surface area contributed by atoms with Gasteiger partial charge in [0, 0.05) is 11.8 Å². The van der Waals surface area contributed by atoms with Gasteiger partial charge in [0.2, 0.25) is 5.88 Å². The van der Waals surface area contributed by atoms with Crippen molar-refractivity contribution in [3.63, 3.8) is 0 Å². The minimum absolute atomic E-state index is 0.204. The summed E-state index contributed by atoms with van der Waals surface area (Å²) in [5.74, 6) is 1.88. The minimum Gasteiger partial charge on any atom is -0.497 e. The molecule has 0 saturated heterocycles. The molecule has 37 heavy (non-hydrogen) atoms. The zero-order valence-electron chi connectivity index (χ0n) is 22.3. The van der Waals surface area contributed by atoms with Gasteiger partial charge in [0.15, 0.2) is 5.82 Å². The van der Waals surface area contributed by atoms with E-state index in [1.807, 2.05) is 56.3 Å². The van der Waals surface area contributed by atoms with Gasteiger partial charge in [-0.3, -0.25) is 9.36 Å². The number of hydrogen-bond donors (Lipinski definition) is 1. The monoisotopic (exact) mass is 500 g/mol. The van der Waals surface area contributed by atoms with Gasteiger partial charge in [0.05, 0.1) is 24.1 Å². The summed E-state index contributed by atoms with van der Waals surface area (Å²) >= 11 is 0. The maximum absolute atomic E-state index is 13.5. The van der Waals surface area contributed by atoms with Crippen LogP contribution in [-0.4, -0.2) is 31.7 Å². The van der Waals surface area contributed by atoms with E-state index in [2.05, 4.69) is 15.0 Å². The lowest BCUT2D eigenvalue weighted by molar-refractivity contribution is 0.0688. The highest BCUT2D eigenvalue weighted by Gasteiger charge is 2.22. The van der Waals surface area contributed by atoms with Crippen molar-refractivity contribution in [1.29, 1.82) is 0 Å². The molecular weight excluding hydrogens is 468 g/mol. The van der Waals surface area contributed by atoms with Crippen LogP contribution in [0.15, 0.2) is 53.5 Å². The van der Waals surface area contributed by atoms with Crippen LogP contribution < -0.4 is 15.0 Å².